The summed E-state index contributed by atoms with van der Waals surface area (Å²) in [6.07, 6.45) is 0.703. The van der Waals surface area contributed by atoms with E-state index in [9.17, 15) is 26.7 Å². The molecule has 0 aliphatic rings. The van der Waals surface area contributed by atoms with Crippen molar-refractivity contribution in [3.05, 3.63) is 29.1 Å². The van der Waals surface area contributed by atoms with Gasteiger partial charge in [-0.2, -0.15) is 0 Å². The minimum atomic E-state index is -2.24. The second-order valence-electron chi connectivity index (χ2n) is 4.83. The first-order valence-electron chi connectivity index (χ1n) is 6.27. The maximum absolute atomic E-state index is 13.3. The molecule has 0 aliphatic heterocycles. The quantitative estimate of drug-likeness (QED) is 0.482. The topological polar surface area (TPSA) is 41.1 Å². The van der Waals surface area contributed by atoms with Crippen LogP contribution in [0.25, 0.3) is 0 Å². The van der Waals surface area contributed by atoms with E-state index in [1.165, 1.54) is 0 Å². The van der Waals surface area contributed by atoms with Gasteiger partial charge in [-0.25, -0.2) is 22.0 Å². The van der Waals surface area contributed by atoms with Gasteiger partial charge in [0.15, 0.2) is 23.3 Å². The highest BCUT2D eigenvalue weighted by Crippen LogP contribution is 2.26. The molecule has 0 saturated carbocycles. The van der Waals surface area contributed by atoms with Gasteiger partial charge >= 0.3 is 0 Å². The largest absolute Gasteiger partial charge is 0.371 e. The number of nitrogens with one attached hydrogen (secondary N) is 2. The Balaban J connectivity index is 2.70. The third kappa shape index (κ3) is 4.30. The highest BCUT2D eigenvalue weighted by atomic mass is 19.2. The molecule has 1 aromatic rings. The number of carbonyl (C=O) groups excluding carboxylic acids is 1. The average Bonchev–Trinajstić information content (AvgIpc) is 2.42. The van der Waals surface area contributed by atoms with Crippen LogP contribution in [0.15, 0.2) is 0 Å². The molecule has 0 atom stereocenters. The lowest BCUT2D eigenvalue weighted by molar-refractivity contribution is -0.119. The number of anilines is 1. The zero-order valence-electron chi connectivity index (χ0n) is 11.5. The molecule has 3 nitrogen and oxygen atoms in total. The lowest BCUT2D eigenvalue weighted by Gasteiger charge is -2.11. The SMILES string of the molecule is CC(C)CCNC(=O)CNc1c(F)c(F)c(F)c(F)c1F. The van der Waals surface area contributed by atoms with Crippen LogP contribution in [0.2, 0.25) is 0 Å². The van der Waals surface area contributed by atoms with Crippen LogP contribution in [0.4, 0.5) is 27.6 Å². The first-order chi connectivity index (χ1) is 9.75. The highest BCUT2D eigenvalue weighted by Gasteiger charge is 2.25. The zero-order valence-corrected chi connectivity index (χ0v) is 11.5. The van der Waals surface area contributed by atoms with E-state index in [-0.39, 0.29) is 0 Å². The van der Waals surface area contributed by atoms with Crippen LogP contribution in [0.3, 0.4) is 0 Å². The fourth-order valence-electron chi connectivity index (χ4n) is 1.49. The van der Waals surface area contributed by atoms with Crippen LogP contribution >= 0.6 is 0 Å². The van der Waals surface area contributed by atoms with Crippen molar-refractivity contribution in [1.29, 1.82) is 0 Å². The third-order valence-corrected chi connectivity index (χ3v) is 2.68. The number of amides is 1. The Bertz CT molecular complexity index is 505. The van der Waals surface area contributed by atoms with Crippen molar-refractivity contribution in [2.45, 2.75) is 20.3 Å². The Morgan fingerprint density at radius 1 is 0.952 bits per heavy atom. The third-order valence-electron chi connectivity index (χ3n) is 2.68. The van der Waals surface area contributed by atoms with Crippen molar-refractivity contribution in [3.63, 3.8) is 0 Å². The van der Waals surface area contributed by atoms with Gasteiger partial charge in [-0.3, -0.25) is 4.79 Å². The minimum Gasteiger partial charge on any atom is -0.371 e. The first kappa shape index (κ1) is 17.2. The van der Waals surface area contributed by atoms with Crippen LogP contribution in [0.1, 0.15) is 20.3 Å². The summed E-state index contributed by atoms with van der Waals surface area (Å²) >= 11 is 0. The van der Waals surface area contributed by atoms with Crippen molar-refractivity contribution in [3.8, 4) is 0 Å². The highest BCUT2D eigenvalue weighted by molar-refractivity contribution is 5.80. The Kier molecular flexibility index (Phi) is 5.92. The molecule has 0 aromatic heterocycles. The lowest BCUT2D eigenvalue weighted by atomic mass is 10.1. The van der Waals surface area contributed by atoms with Gasteiger partial charge in [0.1, 0.15) is 5.69 Å². The maximum atomic E-state index is 13.3. The fraction of sp³-hybridized carbons (Fsp3) is 0.462. The lowest BCUT2D eigenvalue weighted by Crippen LogP contribution is -2.31. The molecule has 1 amide bonds. The number of benzene rings is 1. The van der Waals surface area contributed by atoms with Gasteiger partial charge in [-0.15, -0.1) is 0 Å². The van der Waals surface area contributed by atoms with Gasteiger partial charge in [-0.05, 0) is 12.3 Å². The monoisotopic (exact) mass is 310 g/mol. The number of hydrogen-bond acceptors (Lipinski definition) is 2. The molecular formula is C13H15F5N2O. The summed E-state index contributed by atoms with van der Waals surface area (Å²) in [4.78, 5) is 11.4. The number of halogens is 5. The predicted octanol–water partition coefficient (Wildman–Crippen LogP) is 2.96. The van der Waals surface area contributed by atoms with Gasteiger partial charge in [0, 0.05) is 6.54 Å². The van der Waals surface area contributed by atoms with Crippen molar-refractivity contribution in [1.82, 2.24) is 5.32 Å². The summed E-state index contributed by atoms with van der Waals surface area (Å²) in [5.74, 6) is -10.6. The number of carbonyl (C=O) groups is 1. The van der Waals surface area contributed by atoms with Crippen molar-refractivity contribution < 1.29 is 26.7 Å². The molecule has 1 aromatic carbocycles. The van der Waals surface area contributed by atoms with Gasteiger partial charge in [0.05, 0.1) is 6.54 Å². The summed E-state index contributed by atoms with van der Waals surface area (Å²) in [7, 11) is 0. The van der Waals surface area contributed by atoms with Gasteiger partial charge < -0.3 is 10.6 Å². The van der Waals surface area contributed by atoms with E-state index in [1.54, 1.807) is 0 Å². The van der Waals surface area contributed by atoms with Gasteiger partial charge in [0.25, 0.3) is 0 Å². The standard InChI is InChI=1S/C13H15F5N2O/c1-6(2)3-4-19-7(21)5-20-13-11(17)9(15)8(14)10(16)12(13)18/h6,20H,3-5H2,1-2H3,(H,19,21). The van der Waals surface area contributed by atoms with Crippen molar-refractivity contribution in [2.75, 3.05) is 18.4 Å². The van der Waals surface area contributed by atoms with E-state index in [2.05, 4.69) is 5.32 Å². The molecule has 2 N–H and O–H groups in total. The predicted molar refractivity (Wildman–Crippen MR) is 67.2 cm³/mol. The summed E-state index contributed by atoms with van der Waals surface area (Å²) < 4.78 is 65.2. The van der Waals surface area contributed by atoms with Crippen LogP contribution in [-0.4, -0.2) is 19.0 Å². The molecule has 8 heteroatoms. The molecule has 118 valence electrons. The molecule has 0 spiro atoms. The van der Waals surface area contributed by atoms with E-state index in [0.29, 0.717) is 18.9 Å². The average molecular weight is 310 g/mol. The Morgan fingerprint density at radius 2 is 1.43 bits per heavy atom. The maximum Gasteiger partial charge on any atom is 0.239 e. The van der Waals surface area contributed by atoms with Crippen molar-refractivity contribution in [2.24, 2.45) is 5.92 Å². The molecule has 0 saturated heterocycles. The minimum absolute atomic E-state index is 0.355. The molecule has 0 unspecified atom stereocenters. The summed E-state index contributed by atoms with van der Waals surface area (Å²) in [6.45, 7) is 3.64. The normalized spacial score (nSPS) is 10.9. The first-order valence-corrected chi connectivity index (χ1v) is 6.27. The van der Waals surface area contributed by atoms with Crippen LogP contribution < -0.4 is 10.6 Å². The second-order valence-corrected chi connectivity index (χ2v) is 4.83. The molecule has 21 heavy (non-hydrogen) atoms. The van der Waals surface area contributed by atoms with E-state index in [4.69, 9.17) is 0 Å². The van der Waals surface area contributed by atoms with Crippen molar-refractivity contribution >= 4 is 11.6 Å². The Labute approximate surface area is 118 Å². The molecule has 0 fully saturated rings. The molecule has 0 heterocycles. The molecule has 0 bridgehead atoms. The van der Waals surface area contributed by atoms with Crippen LogP contribution in [0.5, 0.6) is 0 Å². The molecule has 1 rings (SSSR count). The Morgan fingerprint density at radius 3 is 1.90 bits per heavy atom. The zero-order chi connectivity index (χ0) is 16.2. The van der Waals surface area contributed by atoms with Crippen LogP contribution in [0, 0.1) is 35.0 Å². The van der Waals surface area contributed by atoms with E-state index in [1.807, 2.05) is 19.2 Å². The summed E-state index contributed by atoms with van der Waals surface area (Å²) in [6, 6.07) is 0. The van der Waals surface area contributed by atoms with Gasteiger partial charge in [0.2, 0.25) is 11.7 Å². The van der Waals surface area contributed by atoms with Crippen LogP contribution in [-0.2, 0) is 4.79 Å². The molecule has 0 radical (unpaired) electrons. The number of rotatable bonds is 6. The smallest absolute Gasteiger partial charge is 0.239 e. The van der Waals surface area contributed by atoms with E-state index in [0.717, 1.165) is 0 Å². The Hall–Kier alpha value is -1.86. The summed E-state index contributed by atoms with van der Waals surface area (Å²) in [5, 5.41) is 4.38. The number of hydrogen-bond donors (Lipinski definition) is 2. The second kappa shape index (κ2) is 7.24. The molecular weight excluding hydrogens is 295 g/mol. The van der Waals surface area contributed by atoms with E-state index < -0.39 is 47.2 Å². The van der Waals surface area contributed by atoms with Gasteiger partial charge in [-0.1, -0.05) is 13.8 Å². The molecule has 0 aliphatic carbocycles. The summed E-state index contributed by atoms with van der Waals surface area (Å²) in [5.41, 5.74) is -1.22. The fourth-order valence-corrected chi connectivity index (χ4v) is 1.49. The van der Waals surface area contributed by atoms with E-state index >= 15 is 0 Å².